The molecule has 0 aromatic heterocycles. The standard InChI is InChI=1S/C36H44ClN5O2/c1-23(2)33(38)30-20-24(3)8-13-32(30)40-16-18-41(19-17-40)36(44)34-29(25-9-11-28(37)12-10-25)14-15-42(34)35(43)31-21-26-6-4-5-7-27(26)22-39-31/h4-13,20,23,29,31,33-34,39H,14-19,21-22,38H2,1-3H3/t29-,31-,33+,34-/m1/s1. The lowest BCUT2D eigenvalue weighted by molar-refractivity contribution is -0.145. The van der Waals surface area contributed by atoms with Crippen molar-refractivity contribution in [1.82, 2.24) is 15.1 Å². The zero-order chi connectivity index (χ0) is 31.0. The van der Waals surface area contributed by atoms with Gasteiger partial charge in [-0.15, -0.1) is 0 Å². The van der Waals surface area contributed by atoms with E-state index >= 15 is 0 Å². The van der Waals surface area contributed by atoms with Gasteiger partial charge in [0, 0.05) is 61.9 Å². The molecule has 3 heterocycles. The summed E-state index contributed by atoms with van der Waals surface area (Å²) in [5.74, 6) is 0.293. The smallest absolute Gasteiger partial charge is 0.246 e. The SMILES string of the molecule is Cc1ccc(N2CCN(C(=O)[C@H]3[C@@H](c4ccc(Cl)cc4)CCN3C(=O)[C@H]3Cc4ccccc4CN3)CC2)c([C@@H](N)C(C)C)c1. The predicted octanol–water partition coefficient (Wildman–Crippen LogP) is 5.05. The highest BCUT2D eigenvalue weighted by Gasteiger charge is 2.46. The Labute approximate surface area is 266 Å². The fourth-order valence-electron chi connectivity index (χ4n) is 7.18. The zero-order valence-electron chi connectivity index (χ0n) is 26.0. The third kappa shape index (κ3) is 6.10. The van der Waals surface area contributed by atoms with E-state index in [2.05, 4.69) is 61.3 Å². The van der Waals surface area contributed by atoms with E-state index in [1.165, 1.54) is 16.7 Å². The second-order valence-corrected chi connectivity index (χ2v) is 13.4. The van der Waals surface area contributed by atoms with Crippen LogP contribution in [0.25, 0.3) is 0 Å². The average molecular weight is 614 g/mol. The van der Waals surface area contributed by atoms with Gasteiger partial charge in [-0.2, -0.15) is 0 Å². The minimum Gasteiger partial charge on any atom is -0.368 e. The summed E-state index contributed by atoms with van der Waals surface area (Å²) in [6, 6.07) is 21.6. The van der Waals surface area contributed by atoms with E-state index in [4.69, 9.17) is 17.3 Å². The number of hydrogen-bond acceptors (Lipinski definition) is 5. The third-order valence-corrected chi connectivity index (χ3v) is 10.1. The van der Waals surface area contributed by atoms with Crippen molar-refractivity contribution in [2.45, 2.75) is 64.2 Å². The van der Waals surface area contributed by atoms with E-state index in [0.29, 0.717) is 43.5 Å². The maximum absolute atomic E-state index is 14.4. The lowest BCUT2D eigenvalue weighted by atomic mass is 9.90. The number of halogens is 1. The second kappa shape index (κ2) is 12.9. The molecule has 3 aromatic carbocycles. The fourth-order valence-corrected chi connectivity index (χ4v) is 7.30. The van der Waals surface area contributed by atoms with E-state index in [9.17, 15) is 9.59 Å². The molecule has 0 aliphatic carbocycles. The molecule has 6 rings (SSSR count). The predicted molar refractivity (Wildman–Crippen MR) is 177 cm³/mol. The molecule has 0 spiro atoms. The summed E-state index contributed by atoms with van der Waals surface area (Å²) >= 11 is 6.22. The Kier molecular flexibility index (Phi) is 8.99. The highest BCUT2D eigenvalue weighted by atomic mass is 35.5. The van der Waals surface area contributed by atoms with Crippen LogP contribution in [0.4, 0.5) is 5.69 Å². The average Bonchev–Trinajstić information content (AvgIpc) is 3.49. The molecule has 3 aliphatic heterocycles. The van der Waals surface area contributed by atoms with Crippen molar-refractivity contribution in [1.29, 1.82) is 0 Å². The normalized spacial score (nSPS) is 22.7. The molecule has 3 N–H and O–H groups in total. The van der Waals surface area contributed by atoms with Gasteiger partial charge in [-0.3, -0.25) is 9.59 Å². The van der Waals surface area contributed by atoms with E-state index in [-0.39, 0.29) is 29.8 Å². The van der Waals surface area contributed by atoms with E-state index in [0.717, 1.165) is 36.3 Å². The zero-order valence-corrected chi connectivity index (χ0v) is 26.8. The maximum Gasteiger partial charge on any atom is 0.246 e. The summed E-state index contributed by atoms with van der Waals surface area (Å²) < 4.78 is 0. The number of rotatable bonds is 6. The van der Waals surface area contributed by atoms with Crippen molar-refractivity contribution in [2.75, 3.05) is 37.6 Å². The molecule has 2 amide bonds. The first kappa shape index (κ1) is 30.6. The Morgan fingerprint density at radius 3 is 2.32 bits per heavy atom. The first-order chi connectivity index (χ1) is 21.2. The van der Waals surface area contributed by atoms with Crippen molar-refractivity contribution in [3.05, 3.63) is 99.6 Å². The van der Waals surface area contributed by atoms with E-state index in [1.54, 1.807) is 0 Å². The number of anilines is 1. The molecule has 0 bridgehead atoms. The highest BCUT2D eigenvalue weighted by molar-refractivity contribution is 6.30. The summed E-state index contributed by atoms with van der Waals surface area (Å²) in [5.41, 5.74) is 13.6. The molecule has 8 heteroatoms. The van der Waals surface area contributed by atoms with Gasteiger partial charge < -0.3 is 25.8 Å². The van der Waals surface area contributed by atoms with Crippen molar-refractivity contribution in [2.24, 2.45) is 11.7 Å². The summed E-state index contributed by atoms with van der Waals surface area (Å²) in [5, 5.41) is 4.12. The van der Waals surface area contributed by atoms with Gasteiger partial charge in [0.1, 0.15) is 6.04 Å². The second-order valence-electron chi connectivity index (χ2n) is 13.0. The van der Waals surface area contributed by atoms with Gasteiger partial charge in [0.2, 0.25) is 11.8 Å². The number of carbonyl (C=O) groups excluding carboxylic acids is 2. The van der Waals surface area contributed by atoms with Crippen molar-refractivity contribution >= 4 is 29.1 Å². The summed E-state index contributed by atoms with van der Waals surface area (Å²) in [4.78, 5) is 34.7. The number of piperazine rings is 1. The largest absolute Gasteiger partial charge is 0.368 e. The number of benzene rings is 3. The van der Waals surface area contributed by atoms with Crippen molar-refractivity contribution < 1.29 is 9.59 Å². The van der Waals surface area contributed by atoms with Crippen LogP contribution in [0, 0.1) is 12.8 Å². The third-order valence-electron chi connectivity index (χ3n) is 9.80. The van der Waals surface area contributed by atoms with E-state index in [1.807, 2.05) is 46.2 Å². The molecule has 4 atom stereocenters. The lowest BCUT2D eigenvalue weighted by Crippen LogP contribution is -2.58. The molecule has 2 fully saturated rings. The Bertz CT molecular complexity index is 1500. The number of nitrogens with zero attached hydrogens (tertiary/aromatic N) is 3. The van der Waals surface area contributed by atoms with Crippen LogP contribution in [0.2, 0.25) is 5.02 Å². The molecule has 7 nitrogen and oxygen atoms in total. The van der Waals surface area contributed by atoms with Crippen molar-refractivity contribution in [3.63, 3.8) is 0 Å². The monoisotopic (exact) mass is 613 g/mol. The molecular weight excluding hydrogens is 570 g/mol. The molecule has 0 saturated carbocycles. The number of hydrogen-bond donors (Lipinski definition) is 2. The van der Waals surface area contributed by atoms with Gasteiger partial charge in [0.05, 0.1) is 6.04 Å². The Balaban J connectivity index is 1.22. The summed E-state index contributed by atoms with van der Waals surface area (Å²) in [7, 11) is 0. The van der Waals surface area contributed by atoms with Crippen LogP contribution in [0.5, 0.6) is 0 Å². The van der Waals surface area contributed by atoms with Gasteiger partial charge in [0.15, 0.2) is 0 Å². The van der Waals surface area contributed by atoms with E-state index < -0.39 is 6.04 Å². The first-order valence-corrected chi connectivity index (χ1v) is 16.3. The molecule has 0 unspecified atom stereocenters. The quantitative estimate of drug-likeness (QED) is 0.407. The number of aryl methyl sites for hydroxylation is 1. The Hall–Kier alpha value is -3.39. The van der Waals surface area contributed by atoms with Crippen LogP contribution < -0.4 is 16.0 Å². The van der Waals surface area contributed by atoms with Crippen LogP contribution in [-0.4, -0.2) is 66.4 Å². The minimum atomic E-state index is -0.543. The van der Waals surface area contributed by atoms with Crippen LogP contribution in [0.15, 0.2) is 66.7 Å². The molecule has 3 aromatic rings. The van der Waals surface area contributed by atoms with Crippen LogP contribution >= 0.6 is 11.6 Å². The maximum atomic E-state index is 14.4. The number of nitrogens with two attached hydrogens (primary N) is 1. The minimum absolute atomic E-state index is 0.0138. The Morgan fingerprint density at radius 2 is 1.61 bits per heavy atom. The molecule has 2 saturated heterocycles. The number of fused-ring (bicyclic) bond motifs is 1. The van der Waals surface area contributed by atoms with Gasteiger partial charge in [-0.05, 0) is 66.1 Å². The summed E-state index contributed by atoms with van der Waals surface area (Å²) in [6.45, 7) is 10.3. The molecule has 3 aliphatic rings. The topological polar surface area (TPSA) is 81.9 Å². The first-order valence-electron chi connectivity index (χ1n) is 16.0. The van der Waals surface area contributed by atoms with Crippen LogP contribution in [0.1, 0.15) is 60.0 Å². The van der Waals surface area contributed by atoms with Gasteiger partial charge >= 0.3 is 0 Å². The molecule has 0 radical (unpaired) electrons. The number of carbonyl (C=O) groups is 2. The summed E-state index contributed by atoms with van der Waals surface area (Å²) in [6.07, 6.45) is 1.38. The lowest BCUT2D eigenvalue weighted by Gasteiger charge is -2.41. The molecular formula is C36H44ClN5O2. The van der Waals surface area contributed by atoms with Crippen LogP contribution in [-0.2, 0) is 22.6 Å². The Morgan fingerprint density at radius 1 is 0.909 bits per heavy atom. The fraction of sp³-hybridized carbons (Fsp3) is 0.444. The number of nitrogens with one attached hydrogen (secondary N) is 1. The number of amides is 2. The molecule has 232 valence electrons. The molecule has 44 heavy (non-hydrogen) atoms. The number of likely N-dealkylation sites (tertiary alicyclic amines) is 1. The van der Waals surface area contributed by atoms with Crippen molar-refractivity contribution in [3.8, 4) is 0 Å². The van der Waals surface area contributed by atoms with Gasteiger partial charge in [-0.1, -0.05) is 79.5 Å². The van der Waals surface area contributed by atoms with Gasteiger partial charge in [0.25, 0.3) is 0 Å². The van der Waals surface area contributed by atoms with Gasteiger partial charge in [-0.25, -0.2) is 0 Å². The van der Waals surface area contributed by atoms with Crippen LogP contribution in [0.3, 0.4) is 0 Å². The highest BCUT2D eigenvalue weighted by Crippen LogP contribution is 2.37.